The van der Waals surface area contributed by atoms with Gasteiger partial charge in [-0.2, -0.15) is 0 Å². The van der Waals surface area contributed by atoms with E-state index in [2.05, 4.69) is 15.5 Å². The minimum Gasteiger partial charge on any atom is -0.372 e. The summed E-state index contributed by atoms with van der Waals surface area (Å²) in [6.45, 7) is 1.91. The van der Waals surface area contributed by atoms with Gasteiger partial charge < -0.3 is 15.5 Å². The van der Waals surface area contributed by atoms with Crippen molar-refractivity contribution in [1.29, 1.82) is 0 Å². The maximum atomic E-state index is 13.5. The molecular weight excluding hydrogens is 321 g/mol. The Balaban J connectivity index is 1.50. The fraction of sp³-hybridized carbons (Fsp3) is 0.263. The molecule has 0 bridgehead atoms. The Morgan fingerprint density at radius 1 is 1.00 bits per heavy atom. The second-order valence-electron chi connectivity index (χ2n) is 5.95. The number of carbonyl (C=O) groups excluding carboxylic acids is 2. The average Bonchev–Trinajstić information content (AvgIpc) is 3.15. The molecule has 25 heavy (non-hydrogen) atoms. The highest BCUT2D eigenvalue weighted by Gasteiger charge is 2.13. The number of amides is 2. The Kier molecular flexibility index (Phi) is 5.28. The van der Waals surface area contributed by atoms with Crippen LogP contribution in [0.15, 0.2) is 48.5 Å². The zero-order chi connectivity index (χ0) is 17.6. The van der Waals surface area contributed by atoms with Crippen LogP contribution in [0.3, 0.4) is 0 Å². The number of anilines is 2. The van der Waals surface area contributed by atoms with Crippen LogP contribution in [-0.4, -0.2) is 31.4 Å². The maximum Gasteiger partial charge on any atom is 0.254 e. The van der Waals surface area contributed by atoms with E-state index in [9.17, 15) is 14.0 Å². The van der Waals surface area contributed by atoms with E-state index in [-0.39, 0.29) is 18.0 Å². The van der Waals surface area contributed by atoms with Crippen molar-refractivity contribution in [2.75, 3.05) is 29.9 Å². The third-order valence-corrected chi connectivity index (χ3v) is 4.15. The SMILES string of the molecule is O=C(CNC(=O)c1ccccc1F)Nc1ccc(N2CCCC2)cc1. The second-order valence-corrected chi connectivity index (χ2v) is 5.95. The lowest BCUT2D eigenvalue weighted by atomic mass is 10.2. The van der Waals surface area contributed by atoms with Gasteiger partial charge in [-0.15, -0.1) is 0 Å². The average molecular weight is 341 g/mol. The number of benzene rings is 2. The topological polar surface area (TPSA) is 61.4 Å². The zero-order valence-electron chi connectivity index (χ0n) is 13.8. The van der Waals surface area contributed by atoms with Gasteiger partial charge in [0.15, 0.2) is 0 Å². The number of nitrogens with zero attached hydrogens (tertiary/aromatic N) is 1. The Bertz CT molecular complexity index is 756. The molecule has 0 spiro atoms. The summed E-state index contributed by atoms with van der Waals surface area (Å²) < 4.78 is 13.5. The Morgan fingerprint density at radius 3 is 2.36 bits per heavy atom. The lowest BCUT2D eigenvalue weighted by molar-refractivity contribution is -0.115. The lowest BCUT2D eigenvalue weighted by Gasteiger charge is -2.17. The van der Waals surface area contributed by atoms with E-state index in [4.69, 9.17) is 0 Å². The molecule has 1 fully saturated rings. The first-order valence-corrected chi connectivity index (χ1v) is 8.31. The van der Waals surface area contributed by atoms with E-state index >= 15 is 0 Å². The van der Waals surface area contributed by atoms with Crippen LogP contribution in [0.5, 0.6) is 0 Å². The number of hydrogen-bond acceptors (Lipinski definition) is 3. The standard InChI is InChI=1S/C19H20FN3O2/c20-17-6-2-1-5-16(17)19(25)21-13-18(24)22-14-7-9-15(10-8-14)23-11-3-4-12-23/h1-2,5-10H,3-4,11-13H2,(H,21,25)(H,22,24). The molecule has 0 radical (unpaired) electrons. The number of halogens is 1. The largest absolute Gasteiger partial charge is 0.372 e. The fourth-order valence-electron chi connectivity index (χ4n) is 2.84. The van der Waals surface area contributed by atoms with Crippen molar-refractivity contribution in [2.45, 2.75) is 12.8 Å². The first kappa shape index (κ1) is 17.0. The molecule has 130 valence electrons. The van der Waals surface area contributed by atoms with E-state index in [1.165, 1.54) is 31.0 Å². The molecule has 0 atom stereocenters. The van der Waals surface area contributed by atoms with Crippen LogP contribution in [0, 0.1) is 5.82 Å². The van der Waals surface area contributed by atoms with Crippen molar-refractivity contribution in [3.05, 3.63) is 59.9 Å². The van der Waals surface area contributed by atoms with Crippen LogP contribution in [0.25, 0.3) is 0 Å². The number of hydrogen-bond donors (Lipinski definition) is 2. The van der Waals surface area contributed by atoms with Crippen LogP contribution in [0.1, 0.15) is 23.2 Å². The molecule has 0 aliphatic carbocycles. The first-order chi connectivity index (χ1) is 12.1. The van der Waals surface area contributed by atoms with Gasteiger partial charge in [0.2, 0.25) is 5.91 Å². The Labute approximate surface area is 145 Å². The van der Waals surface area contributed by atoms with E-state index in [1.807, 2.05) is 24.3 Å². The molecule has 1 heterocycles. The molecule has 1 aliphatic heterocycles. The van der Waals surface area contributed by atoms with Gasteiger partial charge in [0, 0.05) is 24.5 Å². The quantitative estimate of drug-likeness (QED) is 0.879. The molecule has 1 saturated heterocycles. The summed E-state index contributed by atoms with van der Waals surface area (Å²) in [6, 6.07) is 13.3. The molecule has 3 rings (SSSR count). The molecular formula is C19H20FN3O2. The van der Waals surface area contributed by atoms with Crippen LogP contribution in [-0.2, 0) is 4.79 Å². The highest BCUT2D eigenvalue weighted by Crippen LogP contribution is 2.21. The van der Waals surface area contributed by atoms with Crippen molar-refractivity contribution in [2.24, 2.45) is 0 Å². The molecule has 5 nitrogen and oxygen atoms in total. The second kappa shape index (κ2) is 7.79. The molecule has 2 N–H and O–H groups in total. The van der Waals surface area contributed by atoms with Gasteiger partial charge in [0.05, 0.1) is 12.1 Å². The first-order valence-electron chi connectivity index (χ1n) is 8.31. The fourth-order valence-corrected chi connectivity index (χ4v) is 2.84. The van der Waals surface area contributed by atoms with E-state index in [1.54, 1.807) is 6.07 Å². The lowest BCUT2D eigenvalue weighted by Crippen LogP contribution is -2.33. The molecule has 2 aromatic carbocycles. The van der Waals surface area contributed by atoms with Crippen molar-refractivity contribution >= 4 is 23.2 Å². The van der Waals surface area contributed by atoms with Crippen LogP contribution >= 0.6 is 0 Å². The summed E-state index contributed by atoms with van der Waals surface area (Å²) >= 11 is 0. The van der Waals surface area contributed by atoms with Gasteiger partial charge >= 0.3 is 0 Å². The summed E-state index contributed by atoms with van der Waals surface area (Å²) in [7, 11) is 0. The molecule has 2 amide bonds. The minimum atomic E-state index is -0.613. The van der Waals surface area contributed by atoms with Crippen LogP contribution < -0.4 is 15.5 Å². The van der Waals surface area contributed by atoms with Crippen molar-refractivity contribution in [3.8, 4) is 0 Å². The van der Waals surface area contributed by atoms with Crippen LogP contribution in [0.2, 0.25) is 0 Å². The monoisotopic (exact) mass is 341 g/mol. The summed E-state index contributed by atoms with van der Waals surface area (Å²) in [5.41, 5.74) is 1.72. The highest BCUT2D eigenvalue weighted by molar-refractivity contribution is 5.99. The smallest absolute Gasteiger partial charge is 0.254 e. The maximum absolute atomic E-state index is 13.5. The summed E-state index contributed by atoms with van der Waals surface area (Å²) in [5.74, 6) is -1.59. The summed E-state index contributed by atoms with van der Waals surface area (Å²) in [5, 5.41) is 5.13. The summed E-state index contributed by atoms with van der Waals surface area (Å²) in [4.78, 5) is 26.1. The molecule has 6 heteroatoms. The Morgan fingerprint density at radius 2 is 1.68 bits per heavy atom. The van der Waals surface area contributed by atoms with Crippen molar-refractivity contribution < 1.29 is 14.0 Å². The van der Waals surface area contributed by atoms with E-state index < -0.39 is 11.7 Å². The predicted molar refractivity (Wildman–Crippen MR) is 95.3 cm³/mol. The Hall–Kier alpha value is -2.89. The van der Waals surface area contributed by atoms with Gasteiger partial charge in [-0.1, -0.05) is 12.1 Å². The van der Waals surface area contributed by atoms with E-state index in [0.29, 0.717) is 5.69 Å². The number of nitrogens with one attached hydrogen (secondary N) is 2. The van der Waals surface area contributed by atoms with Crippen molar-refractivity contribution in [1.82, 2.24) is 5.32 Å². The van der Waals surface area contributed by atoms with Crippen LogP contribution in [0.4, 0.5) is 15.8 Å². The van der Waals surface area contributed by atoms with Gasteiger partial charge in [-0.25, -0.2) is 4.39 Å². The highest BCUT2D eigenvalue weighted by atomic mass is 19.1. The summed E-state index contributed by atoms with van der Waals surface area (Å²) in [6.07, 6.45) is 2.42. The molecule has 0 saturated carbocycles. The van der Waals surface area contributed by atoms with Gasteiger partial charge in [0.1, 0.15) is 5.82 Å². The number of carbonyl (C=O) groups is 2. The minimum absolute atomic E-state index is 0.0785. The molecule has 0 unspecified atom stereocenters. The van der Waals surface area contributed by atoms with Gasteiger partial charge in [-0.3, -0.25) is 9.59 Å². The normalized spacial score (nSPS) is 13.6. The third kappa shape index (κ3) is 4.35. The van der Waals surface area contributed by atoms with Gasteiger partial charge in [0.25, 0.3) is 5.91 Å². The van der Waals surface area contributed by atoms with Crippen molar-refractivity contribution in [3.63, 3.8) is 0 Å². The van der Waals surface area contributed by atoms with E-state index in [0.717, 1.165) is 18.8 Å². The molecule has 2 aromatic rings. The molecule has 1 aliphatic rings. The zero-order valence-corrected chi connectivity index (χ0v) is 13.8. The molecule has 0 aromatic heterocycles. The van der Waals surface area contributed by atoms with Gasteiger partial charge in [-0.05, 0) is 49.2 Å². The predicted octanol–water partition coefficient (Wildman–Crippen LogP) is 2.79. The number of rotatable bonds is 5. The third-order valence-electron chi connectivity index (χ3n) is 4.15.